The Labute approximate surface area is 309 Å². The SMILES string of the molecule is CCCOc1c2cccc1Cc1cccc(c1OC(=O)N(CC)CC)Cc1cccc(c1OCCC)[C@H](C(=O)N(CC)CC)c1cccc(c1O)C2. The summed E-state index contributed by atoms with van der Waals surface area (Å²) in [6.07, 6.45) is 2.44. The molecule has 52 heavy (non-hydrogen) atoms. The van der Waals surface area contributed by atoms with Crippen molar-refractivity contribution in [1.29, 1.82) is 0 Å². The van der Waals surface area contributed by atoms with Crippen LogP contribution in [0.5, 0.6) is 23.0 Å². The Hall–Kier alpha value is -4.98. The molecular weight excluding hydrogens is 652 g/mol. The zero-order valence-electron chi connectivity index (χ0n) is 31.7. The average Bonchev–Trinajstić information content (AvgIpc) is 3.14. The number of fused-ring (bicyclic) bond motifs is 8. The van der Waals surface area contributed by atoms with Gasteiger partial charge in [-0.25, -0.2) is 4.79 Å². The van der Waals surface area contributed by atoms with Crippen molar-refractivity contribution in [3.05, 3.63) is 117 Å². The van der Waals surface area contributed by atoms with Gasteiger partial charge in [-0.1, -0.05) is 86.6 Å². The first-order valence-corrected chi connectivity index (χ1v) is 18.9. The molecule has 0 spiro atoms. The highest BCUT2D eigenvalue weighted by Gasteiger charge is 2.33. The number of nitrogens with zero attached hydrogens (tertiary/aromatic N) is 2. The van der Waals surface area contributed by atoms with Crippen LogP contribution in [0.3, 0.4) is 0 Å². The second-order valence-electron chi connectivity index (χ2n) is 13.2. The van der Waals surface area contributed by atoms with Gasteiger partial charge in [-0.15, -0.1) is 0 Å². The highest BCUT2D eigenvalue weighted by Crippen LogP contribution is 2.43. The molecule has 0 aromatic heterocycles. The minimum Gasteiger partial charge on any atom is -0.507 e. The molecule has 0 unspecified atom stereocenters. The number of ether oxygens (including phenoxy) is 3. The fourth-order valence-corrected chi connectivity index (χ4v) is 7.09. The number of hydrogen-bond donors (Lipinski definition) is 1. The van der Waals surface area contributed by atoms with Crippen molar-refractivity contribution in [2.45, 2.75) is 79.6 Å². The maximum absolute atomic E-state index is 14.6. The van der Waals surface area contributed by atoms with Crippen LogP contribution in [0.1, 0.15) is 105 Å². The molecule has 8 nitrogen and oxygen atoms in total. The summed E-state index contributed by atoms with van der Waals surface area (Å²) in [5.41, 5.74) is 6.33. The van der Waals surface area contributed by atoms with Crippen molar-refractivity contribution >= 4 is 12.0 Å². The third kappa shape index (κ3) is 8.22. The second-order valence-corrected chi connectivity index (χ2v) is 13.2. The highest BCUT2D eigenvalue weighted by molar-refractivity contribution is 5.89. The number of rotatable bonds is 12. The van der Waals surface area contributed by atoms with E-state index in [2.05, 4.69) is 19.9 Å². The fraction of sp³-hybridized carbons (Fsp3) is 0.409. The van der Waals surface area contributed by atoms with Gasteiger partial charge in [0.25, 0.3) is 0 Å². The van der Waals surface area contributed by atoms with E-state index in [4.69, 9.17) is 14.2 Å². The van der Waals surface area contributed by atoms with Gasteiger partial charge in [-0.2, -0.15) is 0 Å². The van der Waals surface area contributed by atoms with E-state index in [1.807, 2.05) is 94.4 Å². The van der Waals surface area contributed by atoms with Crippen molar-refractivity contribution in [2.24, 2.45) is 0 Å². The van der Waals surface area contributed by atoms with E-state index in [0.29, 0.717) is 86.8 Å². The molecule has 1 aliphatic carbocycles. The normalized spacial score (nSPS) is 13.6. The third-order valence-electron chi connectivity index (χ3n) is 9.83. The van der Waals surface area contributed by atoms with Gasteiger partial charge in [-0.3, -0.25) is 4.79 Å². The van der Waals surface area contributed by atoms with Crippen molar-refractivity contribution in [3.8, 4) is 23.0 Å². The Morgan fingerprint density at radius 2 is 1.00 bits per heavy atom. The third-order valence-corrected chi connectivity index (χ3v) is 9.83. The maximum Gasteiger partial charge on any atom is 0.415 e. The van der Waals surface area contributed by atoms with Crippen LogP contribution in [0.25, 0.3) is 0 Å². The van der Waals surface area contributed by atoms with E-state index >= 15 is 0 Å². The van der Waals surface area contributed by atoms with Crippen LogP contribution in [0.4, 0.5) is 4.79 Å². The van der Waals surface area contributed by atoms with Gasteiger partial charge in [-0.05, 0) is 73.9 Å². The molecule has 1 atom stereocenters. The lowest BCUT2D eigenvalue weighted by molar-refractivity contribution is -0.131. The predicted octanol–water partition coefficient (Wildman–Crippen LogP) is 8.90. The first-order valence-electron chi connectivity index (χ1n) is 18.9. The summed E-state index contributed by atoms with van der Waals surface area (Å²) in [6, 6.07) is 23.7. The standard InChI is InChI=1S/C44H54N2O6/c1-7-25-50-40-31-18-13-19-32(40)28-33-20-14-21-34(41(33)52-44(49)46(11-5)12-6)29-35-22-16-24-37(42(35)51-26-8-2)38(43(48)45(9-3)10-4)36-23-15-17-30(27-31)39(36)47/h13-24,38,47H,7-12,25-29H2,1-6H3/t38-/m1/s1. The van der Waals surface area contributed by atoms with Gasteiger partial charge in [0.1, 0.15) is 23.0 Å². The molecular formula is C44H54N2O6. The Morgan fingerprint density at radius 1 is 0.577 bits per heavy atom. The van der Waals surface area contributed by atoms with Gasteiger partial charge in [0.05, 0.1) is 19.1 Å². The quantitative estimate of drug-likeness (QED) is 0.158. The molecule has 4 aromatic rings. The van der Waals surface area contributed by atoms with Crippen molar-refractivity contribution in [2.75, 3.05) is 39.4 Å². The number of carbonyl (C=O) groups is 2. The minimum absolute atomic E-state index is 0.0922. The van der Waals surface area contributed by atoms with Crippen LogP contribution in [0.15, 0.2) is 72.8 Å². The number of para-hydroxylation sites is 4. The summed E-state index contributed by atoms with van der Waals surface area (Å²) >= 11 is 0. The van der Waals surface area contributed by atoms with Crippen LogP contribution in [-0.2, 0) is 24.1 Å². The molecule has 5 rings (SSSR count). The number of amides is 2. The molecule has 1 N–H and O–H groups in total. The Bertz CT molecular complexity index is 1840. The molecule has 276 valence electrons. The molecule has 0 saturated carbocycles. The molecule has 0 aliphatic heterocycles. The summed E-state index contributed by atoms with van der Waals surface area (Å²) < 4.78 is 19.4. The topological polar surface area (TPSA) is 88.5 Å². The molecule has 2 amide bonds. The molecule has 0 saturated heterocycles. The molecule has 0 radical (unpaired) electrons. The molecule has 0 fully saturated rings. The molecule has 4 aromatic carbocycles. The van der Waals surface area contributed by atoms with Crippen LogP contribution in [0, 0.1) is 0 Å². The van der Waals surface area contributed by atoms with Crippen molar-refractivity contribution in [3.63, 3.8) is 0 Å². The summed E-state index contributed by atoms with van der Waals surface area (Å²) in [4.78, 5) is 31.7. The summed E-state index contributed by atoms with van der Waals surface area (Å²) in [6.45, 7) is 15.0. The Morgan fingerprint density at radius 3 is 1.52 bits per heavy atom. The van der Waals surface area contributed by atoms with E-state index in [-0.39, 0.29) is 11.7 Å². The van der Waals surface area contributed by atoms with E-state index < -0.39 is 12.0 Å². The number of aromatic hydroxyl groups is 1. The number of benzene rings is 4. The first kappa shape index (κ1) is 38.3. The zero-order chi connectivity index (χ0) is 37.2. The number of likely N-dealkylation sites (N-methyl/N-ethyl adjacent to an activating group) is 1. The van der Waals surface area contributed by atoms with E-state index in [1.165, 1.54) is 0 Å². The lowest BCUT2D eigenvalue weighted by Gasteiger charge is -2.29. The smallest absolute Gasteiger partial charge is 0.415 e. The molecule has 1 aliphatic rings. The van der Waals surface area contributed by atoms with E-state index in [1.54, 1.807) is 9.80 Å². The van der Waals surface area contributed by atoms with Crippen LogP contribution >= 0.6 is 0 Å². The largest absolute Gasteiger partial charge is 0.507 e. The maximum atomic E-state index is 14.6. The first-order chi connectivity index (χ1) is 25.3. The van der Waals surface area contributed by atoms with Crippen molar-refractivity contribution in [1.82, 2.24) is 9.80 Å². The van der Waals surface area contributed by atoms with Crippen LogP contribution in [-0.4, -0.2) is 66.3 Å². The molecule has 8 heteroatoms. The number of hydrogen-bond acceptors (Lipinski definition) is 6. The van der Waals surface area contributed by atoms with Crippen molar-refractivity contribution < 1.29 is 28.9 Å². The Kier molecular flexibility index (Phi) is 13.2. The van der Waals surface area contributed by atoms with E-state index in [0.717, 1.165) is 46.4 Å². The molecule has 0 heterocycles. The van der Waals surface area contributed by atoms with E-state index in [9.17, 15) is 14.7 Å². The number of carbonyl (C=O) groups excluding carboxylic acids is 2. The van der Waals surface area contributed by atoms with Gasteiger partial charge in [0.2, 0.25) is 5.91 Å². The monoisotopic (exact) mass is 706 g/mol. The highest BCUT2D eigenvalue weighted by atomic mass is 16.6. The number of phenols is 1. The van der Waals surface area contributed by atoms with Gasteiger partial charge >= 0.3 is 6.09 Å². The Balaban J connectivity index is 1.84. The second kappa shape index (κ2) is 18.0. The lowest BCUT2D eigenvalue weighted by Crippen LogP contribution is -2.35. The zero-order valence-corrected chi connectivity index (χ0v) is 31.7. The minimum atomic E-state index is -0.826. The van der Waals surface area contributed by atoms with Crippen LogP contribution in [0.2, 0.25) is 0 Å². The average molecular weight is 707 g/mol. The summed E-state index contributed by atoms with van der Waals surface area (Å²) in [5, 5.41) is 12.1. The summed E-state index contributed by atoms with van der Waals surface area (Å²) in [5.74, 6) is 1.04. The fourth-order valence-electron chi connectivity index (χ4n) is 7.09. The number of phenolic OH excluding ortho intramolecular Hbond substituents is 1. The van der Waals surface area contributed by atoms with Gasteiger partial charge in [0, 0.05) is 56.6 Å². The molecule has 8 bridgehead atoms. The van der Waals surface area contributed by atoms with Gasteiger partial charge < -0.3 is 29.1 Å². The lowest BCUT2D eigenvalue weighted by atomic mass is 9.84. The summed E-state index contributed by atoms with van der Waals surface area (Å²) in [7, 11) is 0. The van der Waals surface area contributed by atoms with Crippen LogP contribution < -0.4 is 14.2 Å². The predicted molar refractivity (Wildman–Crippen MR) is 206 cm³/mol. The van der Waals surface area contributed by atoms with Gasteiger partial charge in [0.15, 0.2) is 0 Å².